The number of aliphatic hydroxyl groups is 1. The molecule has 27 heavy (non-hydrogen) atoms. The summed E-state index contributed by atoms with van der Waals surface area (Å²) in [5.74, 6) is 0.720. The van der Waals surface area contributed by atoms with E-state index in [2.05, 4.69) is 24.3 Å². The first kappa shape index (κ1) is 15.9. The van der Waals surface area contributed by atoms with Crippen molar-refractivity contribution < 1.29 is 9.52 Å². The van der Waals surface area contributed by atoms with Crippen molar-refractivity contribution in [3.05, 3.63) is 108 Å². The van der Waals surface area contributed by atoms with E-state index in [-0.39, 0.29) is 0 Å². The van der Waals surface area contributed by atoms with Gasteiger partial charge in [0, 0.05) is 16.5 Å². The van der Waals surface area contributed by atoms with Gasteiger partial charge in [-0.15, -0.1) is 0 Å². The second kappa shape index (κ2) is 6.42. The zero-order chi connectivity index (χ0) is 18.2. The lowest BCUT2D eigenvalue weighted by Gasteiger charge is -2.13. The van der Waals surface area contributed by atoms with E-state index in [9.17, 15) is 5.11 Å². The summed E-state index contributed by atoms with van der Waals surface area (Å²) in [7, 11) is 0. The highest BCUT2D eigenvalue weighted by molar-refractivity contribution is 5.89. The number of hydrogen-bond donors (Lipinski definition) is 1. The van der Waals surface area contributed by atoms with Gasteiger partial charge in [-0.25, -0.2) is 0 Å². The third-order valence-corrected chi connectivity index (χ3v) is 5.03. The molecule has 1 atom stereocenters. The number of aliphatic hydroxyl groups excluding tert-OH is 1. The van der Waals surface area contributed by atoms with Gasteiger partial charge in [-0.2, -0.15) is 0 Å². The quantitative estimate of drug-likeness (QED) is 0.412. The second-order valence-corrected chi connectivity index (χ2v) is 6.72. The average molecular weight is 350 g/mol. The lowest BCUT2D eigenvalue weighted by Crippen LogP contribution is -2.00. The molecule has 130 valence electrons. The molecule has 0 amide bonds. The van der Waals surface area contributed by atoms with Crippen molar-refractivity contribution in [3.63, 3.8) is 0 Å². The first-order valence-electron chi connectivity index (χ1n) is 9.05. The van der Waals surface area contributed by atoms with Gasteiger partial charge in [0.15, 0.2) is 0 Å². The Morgan fingerprint density at radius 2 is 1.37 bits per heavy atom. The normalized spacial score (nSPS) is 12.5. The Bertz CT molecular complexity index is 1240. The SMILES string of the molecule is OC(c1ccc2ccccc2c1)c1c(-c2ccccc2)oc2ccccc12. The smallest absolute Gasteiger partial charge is 0.141 e. The maximum atomic E-state index is 11.3. The van der Waals surface area contributed by atoms with Gasteiger partial charge >= 0.3 is 0 Å². The van der Waals surface area contributed by atoms with Crippen molar-refractivity contribution in [2.24, 2.45) is 0 Å². The molecule has 0 spiro atoms. The molecule has 1 unspecified atom stereocenters. The van der Waals surface area contributed by atoms with E-state index < -0.39 is 6.10 Å². The Balaban J connectivity index is 1.73. The topological polar surface area (TPSA) is 33.4 Å². The molecule has 0 aliphatic carbocycles. The van der Waals surface area contributed by atoms with Crippen LogP contribution < -0.4 is 0 Å². The van der Waals surface area contributed by atoms with Crippen molar-refractivity contribution >= 4 is 21.7 Å². The highest BCUT2D eigenvalue weighted by Gasteiger charge is 2.23. The molecule has 0 bridgehead atoms. The van der Waals surface area contributed by atoms with Crippen LogP contribution in [-0.4, -0.2) is 5.11 Å². The number of fused-ring (bicyclic) bond motifs is 2. The minimum atomic E-state index is -0.770. The van der Waals surface area contributed by atoms with Crippen molar-refractivity contribution in [1.82, 2.24) is 0 Å². The fraction of sp³-hybridized carbons (Fsp3) is 0.0400. The van der Waals surface area contributed by atoms with E-state index in [1.54, 1.807) is 0 Å². The van der Waals surface area contributed by atoms with Gasteiger partial charge in [-0.1, -0.05) is 84.9 Å². The minimum absolute atomic E-state index is 0.720. The van der Waals surface area contributed by atoms with Gasteiger partial charge < -0.3 is 9.52 Å². The van der Waals surface area contributed by atoms with Crippen molar-refractivity contribution in [2.45, 2.75) is 6.10 Å². The van der Waals surface area contributed by atoms with Crippen molar-refractivity contribution in [2.75, 3.05) is 0 Å². The Labute approximate surface area is 157 Å². The number of hydrogen-bond acceptors (Lipinski definition) is 2. The van der Waals surface area contributed by atoms with Crippen LogP contribution in [0, 0.1) is 0 Å². The molecule has 0 aliphatic heterocycles. The van der Waals surface area contributed by atoms with Crippen LogP contribution >= 0.6 is 0 Å². The molecule has 0 saturated heterocycles. The van der Waals surface area contributed by atoms with Crippen molar-refractivity contribution in [1.29, 1.82) is 0 Å². The lowest BCUT2D eigenvalue weighted by molar-refractivity contribution is 0.221. The molecule has 1 heterocycles. The van der Waals surface area contributed by atoms with Gasteiger partial charge in [-0.3, -0.25) is 0 Å². The predicted octanol–water partition coefficient (Wildman–Crippen LogP) is 6.33. The third-order valence-electron chi connectivity index (χ3n) is 5.03. The zero-order valence-corrected chi connectivity index (χ0v) is 14.7. The van der Waals surface area contributed by atoms with Crippen LogP contribution in [0.1, 0.15) is 17.2 Å². The van der Waals surface area contributed by atoms with Crippen LogP contribution in [0.25, 0.3) is 33.1 Å². The molecule has 5 rings (SSSR count). The number of para-hydroxylation sites is 1. The Morgan fingerprint density at radius 3 is 2.22 bits per heavy atom. The Hall–Kier alpha value is -3.36. The van der Waals surface area contributed by atoms with E-state index >= 15 is 0 Å². The average Bonchev–Trinajstić information content (AvgIpc) is 3.13. The van der Waals surface area contributed by atoms with E-state index in [1.807, 2.05) is 72.8 Å². The summed E-state index contributed by atoms with van der Waals surface area (Å²) in [6.45, 7) is 0. The van der Waals surface area contributed by atoms with E-state index in [0.717, 1.165) is 44.2 Å². The molecule has 2 heteroatoms. The summed E-state index contributed by atoms with van der Waals surface area (Å²) < 4.78 is 6.16. The van der Waals surface area contributed by atoms with Crippen LogP contribution in [0.5, 0.6) is 0 Å². The lowest BCUT2D eigenvalue weighted by atomic mass is 9.94. The van der Waals surface area contributed by atoms with Crippen LogP contribution in [0.2, 0.25) is 0 Å². The van der Waals surface area contributed by atoms with Crippen LogP contribution in [0.15, 0.2) is 101 Å². The largest absolute Gasteiger partial charge is 0.456 e. The molecular formula is C25H18O2. The molecule has 2 nitrogen and oxygen atoms in total. The van der Waals surface area contributed by atoms with Crippen LogP contribution in [-0.2, 0) is 0 Å². The maximum Gasteiger partial charge on any atom is 0.141 e. The molecule has 0 saturated carbocycles. The van der Waals surface area contributed by atoms with E-state index in [4.69, 9.17) is 4.42 Å². The van der Waals surface area contributed by atoms with Gasteiger partial charge in [-0.05, 0) is 28.5 Å². The van der Waals surface area contributed by atoms with E-state index in [0.29, 0.717) is 0 Å². The summed E-state index contributed by atoms with van der Waals surface area (Å²) >= 11 is 0. The fourth-order valence-electron chi connectivity index (χ4n) is 3.69. The fourth-order valence-corrected chi connectivity index (χ4v) is 3.69. The maximum absolute atomic E-state index is 11.3. The summed E-state index contributed by atoms with van der Waals surface area (Å²) in [6.07, 6.45) is -0.770. The summed E-state index contributed by atoms with van der Waals surface area (Å²) in [5, 5.41) is 14.5. The summed E-state index contributed by atoms with van der Waals surface area (Å²) in [5.41, 5.74) is 3.42. The van der Waals surface area contributed by atoms with Crippen molar-refractivity contribution in [3.8, 4) is 11.3 Å². The Kier molecular flexibility index (Phi) is 3.77. The van der Waals surface area contributed by atoms with Gasteiger partial charge in [0.2, 0.25) is 0 Å². The number of benzene rings is 4. The first-order valence-corrected chi connectivity index (χ1v) is 9.05. The third kappa shape index (κ3) is 2.71. The molecule has 0 aliphatic rings. The highest BCUT2D eigenvalue weighted by Crippen LogP contribution is 2.40. The number of rotatable bonds is 3. The van der Waals surface area contributed by atoms with Crippen LogP contribution in [0.4, 0.5) is 0 Å². The molecular weight excluding hydrogens is 332 g/mol. The highest BCUT2D eigenvalue weighted by atomic mass is 16.3. The van der Waals surface area contributed by atoms with Gasteiger partial charge in [0.1, 0.15) is 17.4 Å². The number of furan rings is 1. The second-order valence-electron chi connectivity index (χ2n) is 6.72. The van der Waals surface area contributed by atoms with Crippen LogP contribution in [0.3, 0.4) is 0 Å². The molecule has 5 aromatic rings. The molecule has 0 fully saturated rings. The molecule has 4 aromatic carbocycles. The molecule has 1 aromatic heterocycles. The minimum Gasteiger partial charge on any atom is -0.456 e. The standard InChI is InChI=1S/C25H18O2/c26-24(20-15-14-17-8-4-5-11-19(17)16-20)23-21-12-6-7-13-22(21)27-25(23)18-9-2-1-3-10-18/h1-16,24,26H. The first-order chi connectivity index (χ1) is 13.3. The molecule has 1 N–H and O–H groups in total. The van der Waals surface area contributed by atoms with Gasteiger partial charge in [0.25, 0.3) is 0 Å². The predicted molar refractivity (Wildman–Crippen MR) is 110 cm³/mol. The zero-order valence-electron chi connectivity index (χ0n) is 14.7. The molecule has 0 radical (unpaired) electrons. The van der Waals surface area contributed by atoms with E-state index in [1.165, 1.54) is 0 Å². The van der Waals surface area contributed by atoms with Gasteiger partial charge in [0.05, 0.1) is 0 Å². The monoisotopic (exact) mass is 350 g/mol. The summed E-state index contributed by atoms with van der Waals surface area (Å²) in [4.78, 5) is 0. The summed E-state index contributed by atoms with van der Waals surface area (Å²) in [6, 6.07) is 32.1. The Morgan fingerprint density at radius 1 is 0.667 bits per heavy atom.